The van der Waals surface area contributed by atoms with Crippen LogP contribution in [0.15, 0.2) is 18.0 Å². The number of hydrogen-bond donors (Lipinski definition) is 1. The minimum absolute atomic E-state index is 0.240. The SMILES string of the molecule is CC=C=CNO[Si](C)(C)C(C)(C)C. The molecule has 0 amide bonds. The Bertz CT molecular complexity index is 209. The summed E-state index contributed by atoms with van der Waals surface area (Å²) in [6, 6.07) is 0. The van der Waals surface area contributed by atoms with Crippen LogP contribution in [0.25, 0.3) is 0 Å². The molecule has 0 aromatic rings. The highest BCUT2D eigenvalue weighted by atomic mass is 28.4. The largest absolute Gasteiger partial charge is 0.322 e. The van der Waals surface area contributed by atoms with E-state index in [2.05, 4.69) is 45.1 Å². The molecule has 0 atom stereocenters. The molecule has 0 aliphatic heterocycles. The molecule has 0 aromatic heterocycles. The molecular formula is C10H21NOSi. The Balaban J connectivity index is 4.12. The van der Waals surface area contributed by atoms with Gasteiger partial charge in [0.2, 0.25) is 8.32 Å². The maximum atomic E-state index is 5.65. The monoisotopic (exact) mass is 199 g/mol. The zero-order chi connectivity index (χ0) is 10.5. The van der Waals surface area contributed by atoms with Gasteiger partial charge in [0.15, 0.2) is 0 Å². The van der Waals surface area contributed by atoms with Gasteiger partial charge in [0, 0.05) is 0 Å². The lowest BCUT2D eigenvalue weighted by atomic mass is 10.2. The molecule has 0 saturated carbocycles. The number of allylic oxidation sites excluding steroid dienone is 1. The third kappa shape index (κ3) is 4.32. The molecule has 0 fully saturated rings. The third-order valence-corrected chi connectivity index (χ3v) is 6.67. The van der Waals surface area contributed by atoms with Crippen molar-refractivity contribution in [3.8, 4) is 0 Å². The van der Waals surface area contributed by atoms with E-state index in [1.807, 2.05) is 13.0 Å². The molecule has 0 rings (SSSR count). The van der Waals surface area contributed by atoms with Crippen molar-refractivity contribution < 1.29 is 4.53 Å². The normalized spacial score (nSPS) is 11.8. The second-order valence-electron chi connectivity index (χ2n) is 4.58. The van der Waals surface area contributed by atoms with Gasteiger partial charge in [-0.3, -0.25) is 5.48 Å². The maximum Gasteiger partial charge on any atom is 0.228 e. The summed E-state index contributed by atoms with van der Waals surface area (Å²) in [7, 11) is -1.65. The third-order valence-electron chi connectivity index (χ3n) is 2.43. The summed E-state index contributed by atoms with van der Waals surface area (Å²) in [5.74, 6) is 0. The molecular weight excluding hydrogens is 178 g/mol. The lowest BCUT2D eigenvalue weighted by Crippen LogP contribution is -2.43. The molecule has 76 valence electrons. The van der Waals surface area contributed by atoms with Crippen LogP contribution in [0.5, 0.6) is 0 Å². The van der Waals surface area contributed by atoms with Crippen LogP contribution in [-0.4, -0.2) is 8.32 Å². The fraction of sp³-hybridized carbons (Fsp3) is 0.700. The smallest absolute Gasteiger partial charge is 0.228 e. The molecule has 0 radical (unpaired) electrons. The fourth-order valence-corrected chi connectivity index (χ4v) is 1.11. The highest BCUT2D eigenvalue weighted by Crippen LogP contribution is 2.35. The Morgan fingerprint density at radius 1 is 1.31 bits per heavy atom. The van der Waals surface area contributed by atoms with Gasteiger partial charge in [-0.2, -0.15) is 0 Å². The van der Waals surface area contributed by atoms with E-state index in [1.165, 1.54) is 0 Å². The van der Waals surface area contributed by atoms with Gasteiger partial charge in [0.1, 0.15) is 0 Å². The minimum atomic E-state index is -1.65. The minimum Gasteiger partial charge on any atom is -0.322 e. The van der Waals surface area contributed by atoms with Crippen molar-refractivity contribution in [2.75, 3.05) is 0 Å². The fourth-order valence-electron chi connectivity index (χ4n) is 0.447. The molecule has 0 spiro atoms. The van der Waals surface area contributed by atoms with Crippen molar-refractivity contribution >= 4 is 8.32 Å². The van der Waals surface area contributed by atoms with Gasteiger partial charge in [-0.25, -0.2) is 0 Å². The van der Waals surface area contributed by atoms with E-state index in [4.69, 9.17) is 4.53 Å². The standard InChI is InChI=1S/C10H21NOSi/c1-7-8-9-11-12-13(5,6)10(2,3)4/h7,9,11H,1-6H3. The maximum absolute atomic E-state index is 5.65. The Hall–Kier alpha value is -0.503. The molecule has 0 bridgehead atoms. The van der Waals surface area contributed by atoms with Crippen molar-refractivity contribution in [3.63, 3.8) is 0 Å². The molecule has 13 heavy (non-hydrogen) atoms. The average molecular weight is 199 g/mol. The Morgan fingerprint density at radius 2 is 1.85 bits per heavy atom. The molecule has 2 nitrogen and oxygen atoms in total. The highest BCUT2D eigenvalue weighted by molar-refractivity contribution is 6.74. The summed E-state index contributed by atoms with van der Waals surface area (Å²) < 4.78 is 5.65. The summed E-state index contributed by atoms with van der Waals surface area (Å²) >= 11 is 0. The summed E-state index contributed by atoms with van der Waals surface area (Å²) in [5.41, 5.74) is 5.74. The van der Waals surface area contributed by atoms with Gasteiger partial charge in [0.05, 0.1) is 6.20 Å². The molecule has 0 unspecified atom stereocenters. The first-order valence-corrected chi connectivity index (χ1v) is 7.51. The van der Waals surface area contributed by atoms with E-state index in [-0.39, 0.29) is 5.04 Å². The van der Waals surface area contributed by atoms with E-state index in [9.17, 15) is 0 Å². The van der Waals surface area contributed by atoms with Gasteiger partial charge in [0.25, 0.3) is 0 Å². The van der Waals surface area contributed by atoms with Crippen molar-refractivity contribution in [3.05, 3.63) is 18.0 Å². The number of nitrogens with one attached hydrogen (secondary N) is 1. The number of hydrogen-bond acceptors (Lipinski definition) is 2. The summed E-state index contributed by atoms with van der Waals surface area (Å²) in [4.78, 5) is 0. The predicted molar refractivity (Wildman–Crippen MR) is 59.7 cm³/mol. The second-order valence-corrected chi connectivity index (χ2v) is 9.30. The summed E-state index contributed by atoms with van der Waals surface area (Å²) in [5, 5.41) is 0.240. The molecule has 0 aromatic carbocycles. The van der Waals surface area contributed by atoms with Crippen LogP contribution in [0.3, 0.4) is 0 Å². The topological polar surface area (TPSA) is 21.3 Å². The van der Waals surface area contributed by atoms with Crippen LogP contribution in [0.2, 0.25) is 18.1 Å². The van der Waals surface area contributed by atoms with Crippen LogP contribution in [0, 0.1) is 0 Å². The first-order valence-electron chi connectivity index (χ1n) is 4.60. The Morgan fingerprint density at radius 3 is 2.23 bits per heavy atom. The molecule has 0 saturated heterocycles. The molecule has 0 aliphatic rings. The van der Waals surface area contributed by atoms with Crippen molar-refractivity contribution in [2.24, 2.45) is 0 Å². The summed E-state index contributed by atoms with van der Waals surface area (Å²) in [6.45, 7) is 12.9. The lowest BCUT2D eigenvalue weighted by Gasteiger charge is -2.34. The highest BCUT2D eigenvalue weighted by Gasteiger charge is 2.38. The zero-order valence-electron chi connectivity index (χ0n) is 9.56. The summed E-state index contributed by atoms with van der Waals surface area (Å²) in [6.07, 6.45) is 3.53. The van der Waals surface area contributed by atoms with Gasteiger partial charge in [-0.15, -0.1) is 5.73 Å². The van der Waals surface area contributed by atoms with Crippen LogP contribution >= 0.6 is 0 Å². The van der Waals surface area contributed by atoms with E-state index < -0.39 is 8.32 Å². The van der Waals surface area contributed by atoms with Crippen molar-refractivity contribution in [2.45, 2.75) is 45.8 Å². The van der Waals surface area contributed by atoms with E-state index in [0.29, 0.717) is 0 Å². The second kappa shape index (κ2) is 4.65. The van der Waals surface area contributed by atoms with Crippen LogP contribution in [0.1, 0.15) is 27.7 Å². The van der Waals surface area contributed by atoms with Gasteiger partial charge in [-0.05, 0) is 31.1 Å². The predicted octanol–water partition coefficient (Wildman–Crippen LogP) is 3.20. The van der Waals surface area contributed by atoms with Gasteiger partial charge >= 0.3 is 0 Å². The van der Waals surface area contributed by atoms with Crippen LogP contribution < -0.4 is 5.48 Å². The lowest BCUT2D eigenvalue weighted by molar-refractivity contribution is 0.217. The average Bonchev–Trinajstić information content (AvgIpc) is 1.96. The Kier molecular flexibility index (Phi) is 4.47. The van der Waals surface area contributed by atoms with E-state index >= 15 is 0 Å². The van der Waals surface area contributed by atoms with Crippen molar-refractivity contribution in [1.29, 1.82) is 0 Å². The quantitative estimate of drug-likeness (QED) is 0.428. The van der Waals surface area contributed by atoms with E-state index in [0.717, 1.165) is 0 Å². The molecule has 3 heteroatoms. The molecule has 0 heterocycles. The van der Waals surface area contributed by atoms with Gasteiger partial charge < -0.3 is 4.53 Å². The first kappa shape index (κ1) is 12.5. The van der Waals surface area contributed by atoms with E-state index in [1.54, 1.807) is 6.20 Å². The van der Waals surface area contributed by atoms with Gasteiger partial charge in [-0.1, -0.05) is 20.8 Å². The molecule has 1 N–H and O–H groups in total. The Labute approximate surface area is 82.8 Å². The number of rotatable bonds is 3. The molecule has 0 aliphatic carbocycles. The number of hydroxylamine groups is 1. The zero-order valence-corrected chi connectivity index (χ0v) is 10.6. The van der Waals surface area contributed by atoms with Crippen LogP contribution in [-0.2, 0) is 4.53 Å². The van der Waals surface area contributed by atoms with Crippen molar-refractivity contribution in [1.82, 2.24) is 5.48 Å². The first-order chi connectivity index (χ1) is 5.81. The van der Waals surface area contributed by atoms with Crippen LogP contribution in [0.4, 0.5) is 0 Å².